The largest absolute Gasteiger partial charge is 0.467 e. The van der Waals surface area contributed by atoms with Crippen molar-refractivity contribution >= 4 is 11.8 Å². The number of amides is 2. The maximum absolute atomic E-state index is 13.3. The Hall–Kier alpha value is -4.13. The zero-order valence-electron chi connectivity index (χ0n) is 19.0. The summed E-state index contributed by atoms with van der Waals surface area (Å²) in [4.78, 5) is 29.2. The van der Waals surface area contributed by atoms with Gasteiger partial charge >= 0.3 is 0 Å². The second-order valence-electron chi connectivity index (χ2n) is 8.60. The fourth-order valence-electron chi connectivity index (χ4n) is 4.40. The van der Waals surface area contributed by atoms with Crippen LogP contribution in [0.25, 0.3) is 16.9 Å². The van der Waals surface area contributed by atoms with E-state index in [1.54, 1.807) is 29.2 Å². The van der Waals surface area contributed by atoms with Crippen molar-refractivity contribution in [3.8, 4) is 16.9 Å². The van der Waals surface area contributed by atoms with Gasteiger partial charge in [0.15, 0.2) is 0 Å². The number of furan rings is 1. The van der Waals surface area contributed by atoms with Crippen molar-refractivity contribution in [2.24, 2.45) is 5.92 Å². The van der Waals surface area contributed by atoms with Gasteiger partial charge in [-0.3, -0.25) is 9.59 Å². The number of aromatic nitrogens is 2. The van der Waals surface area contributed by atoms with Crippen LogP contribution in [0.4, 0.5) is 0 Å². The van der Waals surface area contributed by atoms with Crippen molar-refractivity contribution in [2.45, 2.75) is 19.5 Å². The average molecular weight is 455 g/mol. The molecule has 3 heterocycles. The molecule has 1 aliphatic heterocycles. The fourth-order valence-corrected chi connectivity index (χ4v) is 4.40. The third kappa shape index (κ3) is 4.50. The van der Waals surface area contributed by atoms with Gasteiger partial charge in [-0.05, 0) is 24.3 Å². The highest BCUT2D eigenvalue weighted by molar-refractivity contribution is 5.89. The van der Waals surface area contributed by atoms with Crippen LogP contribution in [0.2, 0.25) is 0 Å². The van der Waals surface area contributed by atoms with E-state index in [-0.39, 0.29) is 24.2 Å². The zero-order chi connectivity index (χ0) is 23.5. The Morgan fingerprint density at radius 2 is 1.79 bits per heavy atom. The van der Waals surface area contributed by atoms with E-state index in [0.29, 0.717) is 19.6 Å². The van der Waals surface area contributed by atoms with Crippen molar-refractivity contribution in [3.63, 3.8) is 0 Å². The molecular formula is C27H26N4O3. The first-order chi connectivity index (χ1) is 16.6. The number of para-hydroxylation sites is 1. The van der Waals surface area contributed by atoms with Crippen LogP contribution in [-0.2, 0) is 22.7 Å². The third-order valence-corrected chi connectivity index (χ3v) is 6.13. The molecule has 1 fully saturated rings. The number of carbonyl (C=O) groups excluding carboxylic acids is 2. The van der Waals surface area contributed by atoms with Gasteiger partial charge in [-0.2, -0.15) is 5.10 Å². The van der Waals surface area contributed by atoms with Gasteiger partial charge in [0.05, 0.1) is 30.1 Å². The Labute approximate surface area is 198 Å². The summed E-state index contributed by atoms with van der Waals surface area (Å²) in [5.41, 5.74) is 3.73. The molecule has 0 N–H and O–H groups in total. The van der Waals surface area contributed by atoms with Crippen molar-refractivity contribution in [1.29, 1.82) is 0 Å². The van der Waals surface area contributed by atoms with Crippen LogP contribution in [0.1, 0.15) is 17.7 Å². The number of nitrogens with zero attached hydrogens (tertiary/aromatic N) is 4. The summed E-state index contributed by atoms with van der Waals surface area (Å²) in [5, 5.41) is 4.83. The molecule has 34 heavy (non-hydrogen) atoms. The van der Waals surface area contributed by atoms with Crippen LogP contribution < -0.4 is 0 Å². The van der Waals surface area contributed by atoms with Crippen LogP contribution in [-0.4, -0.2) is 45.0 Å². The summed E-state index contributed by atoms with van der Waals surface area (Å²) in [6.45, 7) is 1.19. The lowest BCUT2D eigenvalue weighted by atomic mass is 10.1. The predicted octanol–water partition coefficient (Wildman–Crippen LogP) is 4.14. The van der Waals surface area contributed by atoms with Crippen molar-refractivity contribution in [2.75, 3.05) is 13.6 Å². The Morgan fingerprint density at radius 1 is 1.06 bits per heavy atom. The highest BCUT2D eigenvalue weighted by atomic mass is 16.3. The fraction of sp³-hybridized carbons (Fsp3) is 0.222. The van der Waals surface area contributed by atoms with Gasteiger partial charge in [-0.15, -0.1) is 0 Å². The Morgan fingerprint density at radius 3 is 2.50 bits per heavy atom. The number of hydrogen-bond acceptors (Lipinski definition) is 4. The number of likely N-dealkylation sites (tertiary alicyclic amines) is 1. The van der Waals surface area contributed by atoms with Gasteiger partial charge in [0.2, 0.25) is 11.8 Å². The van der Waals surface area contributed by atoms with Crippen LogP contribution in [0.15, 0.2) is 89.7 Å². The highest BCUT2D eigenvalue weighted by Gasteiger charge is 2.36. The molecule has 0 spiro atoms. The number of benzene rings is 2. The molecule has 0 aliphatic carbocycles. The highest BCUT2D eigenvalue weighted by Crippen LogP contribution is 2.27. The second-order valence-corrected chi connectivity index (χ2v) is 8.60. The van der Waals surface area contributed by atoms with Gasteiger partial charge in [-0.25, -0.2) is 4.68 Å². The first kappa shape index (κ1) is 21.7. The van der Waals surface area contributed by atoms with Crippen LogP contribution in [0.3, 0.4) is 0 Å². The summed E-state index contributed by atoms with van der Waals surface area (Å²) < 4.78 is 7.21. The quantitative estimate of drug-likeness (QED) is 0.421. The molecule has 0 bridgehead atoms. The first-order valence-corrected chi connectivity index (χ1v) is 11.3. The van der Waals surface area contributed by atoms with Gasteiger partial charge in [0, 0.05) is 43.9 Å². The average Bonchev–Trinajstić information content (AvgIpc) is 3.61. The standard InChI is InChI=1S/C27H26N4O3/c1-29(27(33)21-15-25(32)30(17-21)19-24-13-8-14-34-24)16-22-18-31(23-11-6-3-7-12-23)28-26(22)20-9-4-2-5-10-20/h2-14,18,21H,15-17,19H2,1H3/t21-/m1/s1. The van der Waals surface area contributed by atoms with Crippen LogP contribution >= 0.6 is 0 Å². The molecule has 7 heteroatoms. The number of rotatable bonds is 7. The van der Waals surface area contributed by atoms with E-state index in [1.807, 2.05) is 77.6 Å². The van der Waals surface area contributed by atoms with E-state index in [9.17, 15) is 9.59 Å². The summed E-state index contributed by atoms with van der Waals surface area (Å²) in [6.07, 6.45) is 3.79. The lowest BCUT2D eigenvalue weighted by Crippen LogP contribution is -2.34. The van der Waals surface area contributed by atoms with Crippen molar-refractivity contribution < 1.29 is 14.0 Å². The molecule has 1 aliphatic rings. The maximum atomic E-state index is 13.3. The molecule has 4 aromatic rings. The minimum atomic E-state index is -0.364. The van der Waals surface area contributed by atoms with Crippen molar-refractivity contribution in [1.82, 2.24) is 19.6 Å². The topological polar surface area (TPSA) is 71.6 Å². The minimum absolute atomic E-state index is 0.0231. The molecule has 0 saturated carbocycles. The molecule has 172 valence electrons. The molecule has 1 atom stereocenters. The van der Waals surface area contributed by atoms with E-state index in [0.717, 1.165) is 28.3 Å². The van der Waals surface area contributed by atoms with E-state index in [1.165, 1.54) is 0 Å². The Kier molecular flexibility index (Phi) is 5.99. The Balaban J connectivity index is 1.34. The summed E-state index contributed by atoms with van der Waals surface area (Å²) in [5.74, 6) is 0.291. The van der Waals surface area contributed by atoms with Crippen LogP contribution in [0, 0.1) is 5.92 Å². The smallest absolute Gasteiger partial charge is 0.228 e. The molecule has 2 aromatic carbocycles. The summed E-state index contributed by atoms with van der Waals surface area (Å²) >= 11 is 0. The van der Waals surface area contributed by atoms with Crippen molar-refractivity contribution in [3.05, 3.63) is 96.6 Å². The Bertz CT molecular complexity index is 1270. The maximum Gasteiger partial charge on any atom is 0.228 e. The molecule has 1 saturated heterocycles. The number of hydrogen-bond donors (Lipinski definition) is 0. The molecule has 0 radical (unpaired) electrons. The van der Waals surface area contributed by atoms with Gasteiger partial charge in [-0.1, -0.05) is 48.5 Å². The molecule has 0 unspecified atom stereocenters. The van der Waals surface area contributed by atoms with E-state index in [4.69, 9.17) is 9.52 Å². The van der Waals surface area contributed by atoms with E-state index < -0.39 is 0 Å². The second kappa shape index (κ2) is 9.39. The first-order valence-electron chi connectivity index (χ1n) is 11.3. The predicted molar refractivity (Wildman–Crippen MR) is 128 cm³/mol. The molecule has 7 nitrogen and oxygen atoms in total. The van der Waals surface area contributed by atoms with Gasteiger partial charge in [0.1, 0.15) is 5.76 Å². The van der Waals surface area contributed by atoms with Gasteiger partial charge < -0.3 is 14.2 Å². The molecule has 2 amide bonds. The molecule has 5 rings (SSSR count). The normalized spacial score (nSPS) is 15.6. The van der Waals surface area contributed by atoms with Crippen LogP contribution in [0.5, 0.6) is 0 Å². The lowest BCUT2D eigenvalue weighted by molar-refractivity contribution is -0.135. The molecular weight excluding hydrogens is 428 g/mol. The third-order valence-electron chi connectivity index (χ3n) is 6.13. The van der Waals surface area contributed by atoms with Gasteiger partial charge in [0.25, 0.3) is 0 Å². The monoisotopic (exact) mass is 454 g/mol. The SMILES string of the molecule is CN(Cc1cn(-c2ccccc2)nc1-c1ccccc1)C(=O)[C@@H]1CC(=O)N(Cc2ccco2)C1. The number of carbonyl (C=O) groups is 2. The molecule has 2 aromatic heterocycles. The zero-order valence-corrected chi connectivity index (χ0v) is 19.0. The van der Waals surface area contributed by atoms with E-state index in [2.05, 4.69) is 0 Å². The lowest BCUT2D eigenvalue weighted by Gasteiger charge is -2.21. The van der Waals surface area contributed by atoms with E-state index >= 15 is 0 Å². The summed E-state index contributed by atoms with van der Waals surface area (Å²) in [6, 6.07) is 23.5. The summed E-state index contributed by atoms with van der Waals surface area (Å²) in [7, 11) is 1.79. The minimum Gasteiger partial charge on any atom is -0.467 e.